The molecule has 5 nitrogen and oxygen atoms in total. The Bertz CT molecular complexity index is 694. The lowest BCUT2D eigenvalue weighted by molar-refractivity contribution is 0.0299. The molecule has 1 aromatic heterocycles. The molecule has 0 radical (unpaired) electrons. The molecule has 2 heterocycles. The van der Waals surface area contributed by atoms with Gasteiger partial charge < -0.3 is 14.5 Å². The SMILES string of the molecule is CCN(c1ccc(C(=O)N2CCOCC2)nc1)c1cccc(C)c1. The van der Waals surface area contributed by atoms with Gasteiger partial charge in [0.15, 0.2) is 0 Å². The van der Waals surface area contributed by atoms with Crippen LogP contribution in [0.5, 0.6) is 0 Å². The quantitative estimate of drug-likeness (QED) is 0.867. The fourth-order valence-electron chi connectivity index (χ4n) is 2.91. The Morgan fingerprint density at radius 3 is 2.62 bits per heavy atom. The standard InChI is InChI=1S/C19H23N3O2/c1-3-22(16-6-4-5-15(2)13-16)17-7-8-18(20-14-17)19(23)21-9-11-24-12-10-21/h4-8,13-14H,3,9-12H2,1-2H3. The molecule has 1 aliphatic heterocycles. The molecule has 0 saturated carbocycles. The molecular formula is C19H23N3O2. The summed E-state index contributed by atoms with van der Waals surface area (Å²) in [6, 6.07) is 12.1. The summed E-state index contributed by atoms with van der Waals surface area (Å²) in [7, 11) is 0. The van der Waals surface area contributed by atoms with Crippen molar-refractivity contribution >= 4 is 17.3 Å². The van der Waals surface area contributed by atoms with E-state index in [1.807, 2.05) is 12.1 Å². The number of hydrogen-bond acceptors (Lipinski definition) is 4. The minimum Gasteiger partial charge on any atom is -0.378 e. The Morgan fingerprint density at radius 2 is 2.00 bits per heavy atom. The molecule has 1 saturated heterocycles. The molecule has 0 atom stereocenters. The first-order valence-electron chi connectivity index (χ1n) is 8.36. The van der Waals surface area contributed by atoms with Crippen LogP contribution in [0.1, 0.15) is 23.0 Å². The van der Waals surface area contributed by atoms with Gasteiger partial charge in [-0.3, -0.25) is 4.79 Å². The fraction of sp³-hybridized carbons (Fsp3) is 0.368. The van der Waals surface area contributed by atoms with Gasteiger partial charge >= 0.3 is 0 Å². The first-order chi connectivity index (χ1) is 11.7. The summed E-state index contributed by atoms with van der Waals surface area (Å²) in [6.45, 7) is 7.48. The van der Waals surface area contributed by atoms with Gasteiger partial charge in [-0.15, -0.1) is 0 Å². The molecule has 1 aliphatic rings. The number of benzene rings is 1. The lowest BCUT2D eigenvalue weighted by Crippen LogP contribution is -2.41. The van der Waals surface area contributed by atoms with Crippen molar-refractivity contribution < 1.29 is 9.53 Å². The average molecular weight is 325 g/mol. The van der Waals surface area contributed by atoms with Crippen molar-refractivity contribution in [1.82, 2.24) is 9.88 Å². The highest BCUT2D eigenvalue weighted by Crippen LogP contribution is 2.25. The third kappa shape index (κ3) is 3.57. The van der Waals surface area contributed by atoms with E-state index in [2.05, 4.69) is 48.0 Å². The molecule has 1 amide bonds. The van der Waals surface area contributed by atoms with Crippen LogP contribution in [0.25, 0.3) is 0 Å². The largest absolute Gasteiger partial charge is 0.378 e. The lowest BCUT2D eigenvalue weighted by atomic mass is 10.2. The number of hydrogen-bond donors (Lipinski definition) is 0. The number of carbonyl (C=O) groups is 1. The van der Waals surface area contributed by atoms with Crippen LogP contribution in [0.3, 0.4) is 0 Å². The van der Waals surface area contributed by atoms with Crippen LogP contribution in [-0.2, 0) is 4.74 Å². The van der Waals surface area contributed by atoms with Gasteiger partial charge in [-0.1, -0.05) is 12.1 Å². The van der Waals surface area contributed by atoms with Crippen LogP contribution < -0.4 is 4.90 Å². The second-order valence-corrected chi connectivity index (χ2v) is 5.89. The minimum absolute atomic E-state index is 0.0246. The number of amides is 1. The molecule has 2 aromatic rings. The van der Waals surface area contributed by atoms with Gasteiger partial charge in [0.25, 0.3) is 5.91 Å². The average Bonchev–Trinajstić information content (AvgIpc) is 2.63. The maximum Gasteiger partial charge on any atom is 0.272 e. The smallest absolute Gasteiger partial charge is 0.272 e. The first kappa shape index (κ1) is 16.5. The molecule has 0 spiro atoms. The number of aromatic nitrogens is 1. The highest BCUT2D eigenvalue weighted by atomic mass is 16.5. The van der Waals surface area contributed by atoms with Crippen LogP contribution in [0.2, 0.25) is 0 Å². The number of rotatable bonds is 4. The highest BCUT2D eigenvalue weighted by Gasteiger charge is 2.19. The van der Waals surface area contributed by atoms with Crippen LogP contribution in [0, 0.1) is 6.92 Å². The molecule has 5 heteroatoms. The van der Waals surface area contributed by atoms with Gasteiger partial charge in [-0.25, -0.2) is 4.98 Å². The number of nitrogens with zero attached hydrogens (tertiary/aromatic N) is 3. The fourth-order valence-corrected chi connectivity index (χ4v) is 2.91. The van der Waals surface area contributed by atoms with E-state index in [0.29, 0.717) is 32.0 Å². The third-order valence-electron chi connectivity index (χ3n) is 4.21. The Balaban J connectivity index is 1.78. The number of aryl methyl sites for hydroxylation is 1. The van der Waals surface area contributed by atoms with E-state index < -0.39 is 0 Å². The predicted molar refractivity (Wildman–Crippen MR) is 94.8 cm³/mol. The van der Waals surface area contributed by atoms with E-state index in [-0.39, 0.29) is 5.91 Å². The van der Waals surface area contributed by atoms with Crippen molar-refractivity contribution in [2.75, 3.05) is 37.7 Å². The van der Waals surface area contributed by atoms with Gasteiger partial charge in [0.1, 0.15) is 5.69 Å². The van der Waals surface area contributed by atoms with E-state index in [0.717, 1.165) is 17.9 Å². The van der Waals surface area contributed by atoms with Crippen molar-refractivity contribution in [1.29, 1.82) is 0 Å². The molecule has 24 heavy (non-hydrogen) atoms. The summed E-state index contributed by atoms with van der Waals surface area (Å²) in [5, 5.41) is 0. The van der Waals surface area contributed by atoms with Gasteiger partial charge in [-0.05, 0) is 43.7 Å². The molecular weight excluding hydrogens is 302 g/mol. The zero-order valence-corrected chi connectivity index (χ0v) is 14.2. The summed E-state index contributed by atoms with van der Waals surface area (Å²) in [6.07, 6.45) is 1.78. The van der Waals surface area contributed by atoms with Crippen LogP contribution in [0.15, 0.2) is 42.6 Å². The van der Waals surface area contributed by atoms with E-state index in [4.69, 9.17) is 4.74 Å². The predicted octanol–water partition coefficient (Wildman–Crippen LogP) is 3.02. The Kier molecular flexibility index (Phi) is 5.11. The normalized spacial score (nSPS) is 14.5. The van der Waals surface area contributed by atoms with Gasteiger partial charge in [-0.2, -0.15) is 0 Å². The van der Waals surface area contributed by atoms with E-state index in [1.54, 1.807) is 11.1 Å². The van der Waals surface area contributed by atoms with Crippen LogP contribution >= 0.6 is 0 Å². The summed E-state index contributed by atoms with van der Waals surface area (Å²) in [4.78, 5) is 20.8. The van der Waals surface area contributed by atoms with Gasteiger partial charge in [0, 0.05) is 25.3 Å². The van der Waals surface area contributed by atoms with E-state index >= 15 is 0 Å². The number of morpholine rings is 1. The molecule has 0 unspecified atom stereocenters. The zero-order valence-electron chi connectivity index (χ0n) is 14.2. The topological polar surface area (TPSA) is 45.7 Å². The zero-order chi connectivity index (χ0) is 16.9. The highest BCUT2D eigenvalue weighted by molar-refractivity contribution is 5.92. The van der Waals surface area contributed by atoms with E-state index in [1.165, 1.54) is 5.56 Å². The van der Waals surface area contributed by atoms with Crippen LogP contribution in [0.4, 0.5) is 11.4 Å². The summed E-state index contributed by atoms with van der Waals surface area (Å²) in [5.74, 6) is -0.0246. The molecule has 1 aromatic carbocycles. The van der Waals surface area contributed by atoms with Crippen LogP contribution in [-0.4, -0.2) is 48.6 Å². The van der Waals surface area contributed by atoms with Gasteiger partial charge in [0.05, 0.1) is 25.1 Å². The molecule has 126 valence electrons. The number of carbonyl (C=O) groups excluding carboxylic acids is 1. The van der Waals surface area contributed by atoms with Crippen molar-refractivity contribution in [2.45, 2.75) is 13.8 Å². The Hall–Kier alpha value is -2.40. The lowest BCUT2D eigenvalue weighted by Gasteiger charge is -2.27. The maximum atomic E-state index is 12.5. The third-order valence-corrected chi connectivity index (χ3v) is 4.21. The maximum absolute atomic E-state index is 12.5. The summed E-state index contributed by atoms with van der Waals surface area (Å²) >= 11 is 0. The summed E-state index contributed by atoms with van der Waals surface area (Å²) < 4.78 is 5.29. The molecule has 1 fully saturated rings. The monoisotopic (exact) mass is 325 g/mol. The molecule has 0 N–H and O–H groups in total. The van der Waals surface area contributed by atoms with E-state index in [9.17, 15) is 4.79 Å². The van der Waals surface area contributed by atoms with Crippen molar-refractivity contribution in [3.8, 4) is 0 Å². The molecule has 3 rings (SSSR count). The first-order valence-corrected chi connectivity index (χ1v) is 8.36. The number of ether oxygens (including phenoxy) is 1. The van der Waals surface area contributed by atoms with Crippen molar-refractivity contribution in [3.63, 3.8) is 0 Å². The van der Waals surface area contributed by atoms with Crippen molar-refractivity contribution in [2.24, 2.45) is 0 Å². The Labute approximate surface area is 142 Å². The summed E-state index contributed by atoms with van der Waals surface area (Å²) in [5.41, 5.74) is 3.83. The number of anilines is 2. The second kappa shape index (κ2) is 7.45. The van der Waals surface area contributed by atoms with Crippen molar-refractivity contribution in [3.05, 3.63) is 53.9 Å². The van der Waals surface area contributed by atoms with Gasteiger partial charge in [0.2, 0.25) is 0 Å². The second-order valence-electron chi connectivity index (χ2n) is 5.89. The Morgan fingerprint density at radius 1 is 1.21 bits per heavy atom. The molecule has 0 aliphatic carbocycles. The molecule has 0 bridgehead atoms. The minimum atomic E-state index is -0.0246. The number of pyridine rings is 1.